The highest BCUT2D eigenvalue weighted by molar-refractivity contribution is 5.97. The van der Waals surface area contributed by atoms with Crippen molar-refractivity contribution >= 4 is 35.4 Å². The van der Waals surface area contributed by atoms with Crippen LogP contribution in [0.3, 0.4) is 0 Å². The zero-order chi connectivity index (χ0) is 36.0. The van der Waals surface area contributed by atoms with Crippen molar-refractivity contribution in [1.29, 1.82) is 0 Å². The number of carboxylic acids is 1. The van der Waals surface area contributed by atoms with Crippen LogP contribution in [0.4, 0.5) is 0 Å². The second-order valence-electron chi connectivity index (χ2n) is 14.8. The van der Waals surface area contributed by atoms with E-state index in [1.807, 2.05) is 23.8 Å². The van der Waals surface area contributed by atoms with Gasteiger partial charge in [0.05, 0.1) is 25.0 Å². The molecule has 0 aromatic carbocycles. The van der Waals surface area contributed by atoms with Gasteiger partial charge in [0.2, 0.25) is 23.6 Å². The number of carbonyl (C=O) groups is 5. The molecule has 0 bridgehead atoms. The van der Waals surface area contributed by atoms with Crippen LogP contribution < -0.4 is 5.32 Å². The van der Waals surface area contributed by atoms with Gasteiger partial charge in [-0.2, -0.15) is 0 Å². The van der Waals surface area contributed by atoms with Gasteiger partial charge in [-0.15, -0.1) is 0 Å². The number of aliphatic carboxylic acids is 1. The highest BCUT2D eigenvalue weighted by atomic mass is 16.4. The molecule has 276 valence electrons. The van der Waals surface area contributed by atoms with E-state index in [-0.39, 0.29) is 42.3 Å². The summed E-state index contributed by atoms with van der Waals surface area (Å²) >= 11 is 0. The molecule has 3 N–H and O–H groups in total. The molecule has 0 aromatic rings. The van der Waals surface area contributed by atoms with Gasteiger partial charge in [-0.25, -0.2) is 0 Å². The minimum Gasteiger partial charge on any atom is -0.481 e. The number of amides is 4. The fraction of sp³-hybridized carbons (Fsp3) is 0.829. The molecule has 0 aromatic heterocycles. The molecule has 0 spiro atoms. The molecule has 1 aliphatic carbocycles. The minimum absolute atomic E-state index is 0.154. The first-order chi connectivity index (χ1) is 23.2. The number of aliphatic hydroxyl groups is 1. The van der Waals surface area contributed by atoms with Crippen LogP contribution in [0.25, 0.3) is 0 Å². The molecule has 4 aliphatic rings. The van der Waals surface area contributed by atoms with Gasteiger partial charge in [0.25, 0.3) is 0 Å². The standard InChI is InChI=1S/C35H59N7O7/c1-7-22(2)30-35(49)39(5)23(3)31(37-30)42-18-15-26(42)34(48)40(6)27(19-24-13-9-8-10-14-24)33(47)38(4)21-28(43)36-25(20-29(44)45)32(46)41-16-11-12-17-41/h22-27,30,35,49H,7-21H2,1-6H3,(H,36,43)(H,44,45)/t22-,23-,25-,26-,27-,30-,35?/m0/s1. The van der Waals surface area contributed by atoms with Crippen LogP contribution in [0.2, 0.25) is 0 Å². The quantitative estimate of drug-likeness (QED) is 0.259. The summed E-state index contributed by atoms with van der Waals surface area (Å²) in [6, 6.07) is -3.00. The molecule has 2 saturated heterocycles. The third-order valence-electron chi connectivity index (χ3n) is 11.4. The maximum Gasteiger partial charge on any atom is 0.305 e. The summed E-state index contributed by atoms with van der Waals surface area (Å²) < 4.78 is 0. The van der Waals surface area contributed by atoms with Gasteiger partial charge in [0.1, 0.15) is 30.2 Å². The Hall–Kier alpha value is -3.26. The van der Waals surface area contributed by atoms with Gasteiger partial charge in [-0.3, -0.25) is 33.9 Å². The number of rotatable bonds is 13. The topological polar surface area (TPSA) is 166 Å². The van der Waals surface area contributed by atoms with Crippen LogP contribution in [-0.4, -0.2) is 154 Å². The lowest BCUT2D eigenvalue weighted by Gasteiger charge is -2.50. The number of aliphatic hydroxyl groups excluding tert-OH is 1. The van der Waals surface area contributed by atoms with Crippen LogP contribution >= 0.6 is 0 Å². The molecule has 1 unspecified atom stereocenters. The Kier molecular flexibility index (Phi) is 13.5. The first kappa shape index (κ1) is 38.5. The molecule has 4 rings (SSSR count). The smallest absolute Gasteiger partial charge is 0.305 e. The van der Waals surface area contributed by atoms with Gasteiger partial charge in [0, 0.05) is 33.7 Å². The average Bonchev–Trinajstić information content (AvgIpc) is 3.60. The van der Waals surface area contributed by atoms with Crippen molar-refractivity contribution in [2.75, 3.05) is 47.3 Å². The largest absolute Gasteiger partial charge is 0.481 e. The summed E-state index contributed by atoms with van der Waals surface area (Å²) in [7, 11) is 5.05. The lowest BCUT2D eigenvalue weighted by molar-refractivity contribution is -0.150. The second kappa shape index (κ2) is 17.1. The molecule has 7 atom stereocenters. The SMILES string of the molecule is CC[C@H](C)[C@@H]1N=C(N2CC[C@H]2C(=O)N(C)[C@@H](CC2CCCCC2)C(=O)N(C)CC(=O)N[C@@H](CC(=O)O)C(=O)N2CCCC2)[C@H](C)N(C)C1O. The van der Waals surface area contributed by atoms with E-state index in [1.54, 1.807) is 16.8 Å². The van der Waals surface area contributed by atoms with Gasteiger partial charge in [-0.05, 0) is 51.5 Å². The third kappa shape index (κ3) is 9.11. The van der Waals surface area contributed by atoms with Crippen molar-refractivity contribution in [3.05, 3.63) is 0 Å². The fourth-order valence-electron chi connectivity index (χ4n) is 7.75. The molecular weight excluding hydrogens is 630 g/mol. The summed E-state index contributed by atoms with van der Waals surface area (Å²) in [6.07, 6.45) is 7.60. The number of hydrogen-bond acceptors (Lipinski definition) is 9. The Morgan fingerprint density at radius 2 is 1.65 bits per heavy atom. The number of amidine groups is 1. The highest BCUT2D eigenvalue weighted by Gasteiger charge is 2.46. The van der Waals surface area contributed by atoms with Crippen molar-refractivity contribution in [1.82, 2.24) is 29.8 Å². The molecule has 14 nitrogen and oxygen atoms in total. The number of nitrogens with zero attached hydrogens (tertiary/aromatic N) is 6. The summed E-state index contributed by atoms with van der Waals surface area (Å²) in [5, 5.41) is 22.9. The molecule has 3 aliphatic heterocycles. The molecular formula is C35H59N7O7. The summed E-state index contributed by atoms with van der Waals surface area (Å²) in [5.41, 5.74) is 0. The molecule has 3 heterocycles. The summed E-state index contributed by atoms with van der Waals surface area (Å²) in [6.45, 7) is 7.44. The third-order valence-corrected chi connectivity index (χ3v) is 11.4. The van der Waals surface area contributed by atoms with Gasteiger partial charge < -0.3 is 35.1 Å². The monoisotopic (exact) mass is 689 g/mol. The minimum atomic E-state index is -1.22. The van der Waals surface area contributed by atoms with Gasteiger partial charge >= 0.3 is 5.97 Å². The average molecular weight is 690 g/mol. The van der Waals surface area contributed by atoms with Crippen molar-refractivity contribution in [2.24, 2.45) is 16.8 Å². The van der Waals surface area contributed by atoms with E-state index in [0.29, 0.717) is 32.5 Å². The van der Waals surface area contributed by atoms with E-state index in [9.17, 15) is 34.2 Å². The number of nitrogens with one attached hydrogen (secondary N) is 1. The van der Waals surface area contributed by atoms with E-state index in [1.165, 1.54) is 11.9 Å². The zero-order valence-corrected chi connectivity index (χ0v) is 30.3. The Bertz CT molecular complexity index is 1230. The maximum absolute atomic E-state index is 14.2. The van der Waals surface area contributed by atoms with Crippen LogP contribution in [0.1, 0.15) is 91.4 Å². The number of carbonyl (C=O) groups excluding carboxylic acids is 4. The number of likely N-dealkylation sites (N-methyl/N-ethyl adjacent to an activating group) is 3. The van der Waals surface area contributed by atoms with Crippen molar-refractivity contribution in [2.45, 2.75) is 128 Å². The predicted molar refractivity (Wildman–Crippen MR) is 184 cm³/mol. The number of aliphatic imine (C=N–C) groups is 1. The van der Waals surface area contributed by atoms with Gasteiger partial charge in [0.15, 0.2) is 0 Å². The Morgan fingerprint density at radius 1 is 1.00 bits per heavy atom. The summed E-state index contributed by atoms with van der Waals surface area (Å²) in [4.78, 5) is 79.3. The second-order valence-corrected chi connectivity index (χ2v) is 14.8. The first-order valence-corrected chi connectivity index (χ1v) is 18.3. The van der Waals surface area contributed by atoms with E-state index < -0.39 is 48.6 Å². The van der Waals surface area contributed by atoms with Crippen molar-refractivity contribution < 1.29 is 34.2 Å². The fourth-order valence-corrected chi connectivity index (χ4v) is 7.75. The Balaban J connectivity index is 1.48. The Morgan fingerprint density at radius 3 is 2.22 bits per heavy atom. The van der Waals surface area contributed by atoms with Crippen molar-refractivity contribution in [3.8, 4) is 0 Å². The van der Waals surface area contributed by atoms with Crippen LogP contribution in [0, 0.1) is 11.8 Å². The predicted octanol–water partition coefficient (Wildman–Crippen LogP) is 1.36. The normalized spacial score (nSPS) is 26.6. The van der Waals surface area contributed by atoms with Crippen molar-refractivity contribution in [3.63, 3.8) is 0 Å². The van der Waals surface area contributed by atoms with E-state index in [4.69, 9.17) is 4.99 Å². The highest BCUT2D eigenvalue weighted by Crippen LogP contribution is 2.32. The van der Waals surface area contributed by atoms with Crippen LogP contribution in [0.5, 0.6) is 0 Å². The number of likely N-dealkylation sites (tertiary alicyclic amines) is 2. The van der Waals surface area contributed by atoms with E-state index in [2.05, 4.69) is 19.2 Å². The van der Waals surface area contributed by atoms with Gasteiger partial charge in [-0.1, -0.05) is 52.4 Å². The zero-order valence-electron chi connectivity index (χ0n) is 30.3. The van der Waals surface area contributed by atoms with Crippen LogP contribution in [0.15, 0.2) is 4.99 Å². The summed E-state index contributed by atoms with van der Waals surface area (Å²) in [5.74, 6) is -1.61. The Labute approximate surface area is 291 Å². The number of hydrogen-bond donors (Lipinski definition) is 3. The lowest BCUT2D eigenvalue weighted by Crippen LogP contribution is -2.66. The first-order valence-electron chi connectivity index (χ1n) is 18.3. The number of carboxylic acid groups (broad SMARTS) is 1. The van der Waals surface area contributed by atoms with E-state index in [0.717, 1.165) is 57.2 Å². The van der Waals surface area contributed by atoms with Crippen LogP contribution in [-0.2, 0) is 24.0 Å². The molecule has 49 heavy (non-hydrogen) atoms. The molecule has 3 fully saturated rings. The lowest BCUT2D eigenvalue weighted by atomic mass is 9.84. The molecule has 14 heteroatoms. The maximum atomic E-state index is 14.2. The van der Waals surface area contributed by atoms with E-state index >= 15 is 0 Å². The molecule has 4 amide bonds. The molecule has 0 radical (unpaired) electrons. The molecule has 1 saturated carbocycles.